The van der Waals surface area contributed by atoms with Crippen LogP contribution in [0.4, 0.5) is 0 Å². The van der Waals surface area contributed by atoms with Crippen LogP contribution in [0.1, 0.15) is 21.8 Å². The van der Waals surface area contributed by atoms with Crippen LogP contribution in [0.3, 0.4) is 0 Å². The third kappa shape index (κ3) is 2.01. The average Bonchev–Trinajstić information content (AvgIpc) is 2.71. The number of primary amides is 1. The van der Waals surface area contributed by atoms with Gasteiger partial charge in [0.05, 0.1) is 6.20 Å². The molecular formula is C10H9N3O2. The topological polar surface area (TPSA) is 82.0 Å². The number of pyridine rings is 1. The summed E-state index contributed by atoms with van der Waals surface area (Å²) in [5, 5.41) is 0. The normalized spacial score (nSPS) is 10.1. The summed E-state index contributed by atoms with van der Waals surface area (Å²) in [6, 6.07) is 3.54. The molecule has 0 fully saturated rings. The van der Waals surface area contributed by atoms with Crippen molar-refractivity contribution in [2.75, 3.05) is 0 Å². The van der Waals surface area contributed by atoms with E-state index in [-0.39, 0.29) is 5.69 Å². The fraction of sp³-hybridized carbons (Fsp3) is 0.100. The molecule has 0 radical (unpaired) electrons. The molecule has 0 bridgehead atoms. The number of aromatic nitrogens is 2. The fourth-order valence-corrected chi connectivity index (χ4v) is 1.32. The summed E-state index contributed by atoms with van der Waals surface area (Å²) in [6.45, 7) is 0. The first kappa shape index (κ1) is 9.39. The van der Waals surface area contributed by atoms with Crippen molar-refractivity contribution in [3.05, 3.63) is 47.9 Å². The maximum atomic E-state index is 11.1. The smallest absolute Gasteiger partial charge is 0.267 e. The number of carbonyl (C=O) groups excluding carboxylic acids is 1. The van der Waals surface area contributed by atoms with E-state index in [2.05, 4.69) is 9.97 Å². The zero-order chi connectivity index (χ0) is 10.7. The molecule has 2 heterocycles. The summed E-state index contributed by atoms with van der Waals surface area (Å²) >= 11 is 0. The van der Waals surface area contributed by atoms with Crippen LogP contribution in [0, 0.1) is 0 Å². The summed E-state index contributed by atoms with van der Waals surface area (Å²) in [4.78, 5) is 18.8. The highest BCUT2D eigenvalue weighted by molar-refractivity contribution is 5.92. The molecule has 0 aromatic carbocycles. The Labute approximate surface area is 86.0 Å². The van der Waals surface area contributed by atoms with Gasteiger partial charge >= 0.3 is 0 Å². The molecule has 5 heteroatoms. The second-order valence-corrected chi connectivity index (χ2v) is 3.02. The van der Waals surface area contributed by atoms with Crippen molar-refractivity contribution >= 4 is 5.91 Å². The van der Waals surface area contributed by atoms with Gasteiger partial charge in [0.25, 0.3) is 5.91 Å². The van der Waals surface area contributed by atoms with Crippen molar-refractivity contribution < 1.29 is 9.21 Å². The number of carbonyl (C=O) groups is 1. The maximum absolute atomic E-state index is 11.1. The van der Waals surface area contributed by atoms with Crippen LogP contribution in [0.25, 0.3) is 0 Å². The van der Waals surface area contributed by atoms with Gasteiger partial charge in [-0.15, -0.1) is 0 Å². The van der Waals surface area contributed by atoms with Gasteiger partial charge in [0, 0.05) is 12.6 Å². The van der Waals surface area contributed by atoms with Crippen molar-refractivity contribution in [2.24, 2.45) is 5.73 Å². The second kappa shape index (κ2) is 3.91. The molecule has 2 N–H and O–H groups in total. The molecule has 0 aliphatic rings. The van der Waals surface area contributed by atoms with Crippen molar-refractivity contribution in [3.8, 4) is 0 Å². The Kier molecular flexibility index (Phi) is 2.45. The van der Waals surface area contributed by atoms with Gasteiger partial charge in [-0.2, -0.15) is 0 Å². The summed E-state index contributed by atoms with van der Waals surface area (Å²) in [7, 11) is 0. The number of nitrogens with two attached hydrogens (primary N) is 1. The SMILES string of the molecule is NC(=O)c1ncccc1Cc1cnco1. The van der Waals surface area contributed by atoms with Crippen molar-refractivity contribution in [3.63, 3.8) is 0 Å². The first-order valence-corrected chi connectivity index (χ1v) is 4.38. The molecular weight excluding hydrogens is 194 g/mol. The van der Waals surface area contributed by atoms with E-state index in [0.29, 0.717) is 12.2 Å². The average molecular weight is 203 g/mol. The molecule has 2 aromatic heterocycles. The van der Waals surface area contributed by atoms with E-state index in [4.69, 9.17) is 10.2 Å². The van der Waals surface area contributed by atoms with Gasteiger partial charge in [-0.1, -0.05) is 6.07 Å². The van der Waals surface area contributed by atoms with Crippen LogP contribution >= 0.6 is 0 Å². The molecule has 0 aliphatic carbocycles. The van der Waals surface area contributed by atoms with E-state index in [1.807, 2.05) is 0 Å². The number of hydrogen-bond donors (Lipinski definition) is 1. The molecule has 0 saturated carbocycles. The van der Waals surface area contributed by atoms with Crippen molar-refractivity contribution in [1.29, 1.82) is 0 Å². The number of amides is 1. The van der Waals surface area contributed by atoms with Gasteiger partial charge < -0.3 is 10.2 Å². The van der Waals surface area contributed by atoms with Gasteiger partial charge in [-0.3, -0.25) is 9.78 Å². The molecule has 5 nitrogen and oxygen atoms in total. The predicted molar refractivity (Wildman–Crippen MR) is 52.1 cm³/mol. The second-order valence-electron chi connectivity index (χ2n) is 3.02. The standard InChI is InChI=1S/C10H9N3O2/c11-10(14)9-7(2-1-3-13-9)4-8-5-12-6-15-8/h1-3,5-6H,4H2,(H2,11,14). The third-order valence-electron chi connectivity index (χ3n) is 1.97. The molecule has 0 spiro atoms. The molecule has 0 saturated heterocycles. The fourth-order valence-electron chi connectivity index (χ4n) is 1.32. The van der Waals surface area contributed by atoms with Gasteiger partial charge in [-0.05, 0) is 11.6 Å². The number of hydrogen-bond acceptors (Lipinski definition) is 4. The largest absolute Gasteiger partial charge is 0.448 e. The van der Waals surface area contributed by atoms with Crippen molar-refractivity contribution in [1.82, 2.24) is 9.97 Å². The highest BCUT2D eigenvalue weighted by Gasteiger charge is 2.10. The lowest BCUT2D eigenvalue weighted by molar-refractivity contribution is 0.0994. The molecule has 76 valence electrons. The zero-order valence-electron chi connectivity index (χ0n) is 7.88. The minimum Gasteiger partial charge on any atom is -0.448 e. The highest BCUT2D eigenvalue weighted by atomic mass is 16.3. The van der Waals surface area contributed by atoms with Crippen LogP contribution in [0.15, 0.2) is 35.3 Å². The molecule has 0 unspecified atom stereocenters. The van der Waals surface area contributed by atoms with Crippen LogP contribution in [-0.4, -0.2) is 15.9 Å². The molecule has 2 aromatic rings. The lowest BCUT2D eigenvalue weighted by atomic mass is 10.1. The van der Waals surface area contributed by atoms with Crippen molar-refractivity contribution in [2.45, 2.75) is 6.42 Å². The van der Waals surface area contributed by atoms with Crippen LogP contribution in [0.2, 0.25) is 0 Å². The lowest BCUT2D eigenvalue weighted by Gasteiger charge is -2.02. The first-order chi connectivity index (χ1) is 7.27. The van der Waals surface area contributed by atoms with E-state index in [1.165, 1.54) is 12.6 Å². The van der Waals surface area contributed by atoms with Crippen LogP contribution in [-0.2, 0) is 6.42 Å². The van der Waals surface area contributed by atoms with Gasteiger partial charge in [-0.25, -0.2) is 4.98 Å². The maximum Gasteiger partial charge on any atom is 0.267 e. The summed E-state index contributed by atoms with van der Waals surface area (Å²) in [5.41, 5.74) is 6.21. The first-order valence-electron chi connectivity index (χ1n) is 4.38. The molecule has 0 aliphatic heterocycles. The number of nitrogens with zero attached hydrogens (tertiary/aromatic N) is 2. The minimum absolute atomic E-state index is 0.272. The van der Waals surface area contributed by atoms with Gasteiger partial charge in [0.1, 0.15) is 11.5 Å². The highest BCUT2D eigenvalue weighted by Crippen LogP contribution is 2.11. The lowest BCUT2D eigenvalue weighted by Crippen LogP contribution is -2.15. The Bertz CT molecular complexity index is 465. The summed E-state index contributed by atoms with van der Waals surface area (Å²) < 4.78 is 5.08. The third-order valence-corrected chi connectivity index (χ3v) is 1.97. The molecule has 0 atom stereocenters. The Morgan fingerprint density at radius 1 is 1.53 bits per heavy atom. The van der Waals surface area contributed by atoms with E-state index >= 15 is 0 Å². The monoisotopic (exact) mass is 203 g/mol. The Hall–Kier alpha value is -2.17. The summed E-state index contributed by atoms with van der Waals surface area (Å²) in [5.74, 6) is 0.135. The predicted octanol–water partition coefficient (Wildman–Crippen LogP) is 0.759. The Balaban J connectivity index is 2.32. The van der Waals surface area contributed by atoms with Gasteiger partial charge in [0.2, 0.25) is 0 Å². The Morgan fingerprint density at radius 3 is 3.07 bits per heavy atom. The van der Waals surface area contributed by atoms with E-state index in [9.17, 15) is 4.79 Å². The van der Waals surface area contributed by atoms with E-state index in [0.717, 1.165) is 5.56 Å². The molecule has 1 amide bonds. The Morgan fingerprint density at radius 2 is 2.40 bits per heavy atom. The van der Waals surface area contributed by atoms with Gasteiger partial charge in [0.15, 0.2) is 6.39 Å². The quantitative estimate of drug-likeness (QED) is 0.798. The molecule has 15 heavy (non-hydrogen) atoms. The molecule has 2 rings (SSSR count). The van der Waals surface area contributed by atoms with E-state index < -0.39 is 5.91 Å². The number of oxazole rings is 1. The van der Waals surface area contributed by atoms with E-state index in [1.54, 1.807) is 18.3 Å². The number of rotatable bonds is 3. The van der Waals surface area contributed by atoms with Crippen LogP contribution < -0.4 is 5.73 Å². The minimum atomic E-state index is -0.537. The zero-order valence-corrected chi connectivity index (χ0v) is 7.88. The van der Waals surface area contributed by atoms with Crippen LogP contribution in [0.5, 0.6) is 0 Å². The summed E-state index contributed by atoms with van der Waals surface area (Å²) in [6.07, 6.45) is 4.93.